The van der Waals surface area contributed by atoms with E-state index in [2.05, 4.69) is 24.5 Å². The number of carbonyl (C=O) groups is 2. The maximum atomic E-state index is 12.3. The van der Waals surface area contributed by atoms with Crippen LogP contribution in [-0.4, -0.2) is 25.0 Å². The minimum absolute atomic E-state index is 0.112. The van der Waals surface area contributed by atoms with Gasteiger partial charge >= 0.3 is 5.97 Å². The van der Waals surface area contributed by atoms with Gasteiger partial charge in [0, 0.05) is 5.69 Å². The highest BCUT2D eigenvalue weighted by Gasteiger charge is 2.14. The molecule has 0 aliphatic rings. The van der Waals surface area contributed by atoms with Crippen LogP contribution in [0, 0.1) is 0 Å². The van der Waals surface area contributed by atoms with Gasteiger partial charge in [-0.1, -0.05) is 44.2 Å². The molecule has 0 aliphatic heterocycles. The van der Waals surface area contributed by atoms with Crippen molar-refractivity contribution in [3.8, 4) is 0 Å². The van der Waals surface area contributed by atoms with Crippen LogP contribution >= 0.6 is 0 Å². The third-order valence-electron chi connectivity index (χ3n) is 3.72. The van der Waals surface area contributed by atoms with Crippen LogP contribution in [0.15, 0.2) is 48.5 Å². The first-order chi connectivity index (χ1) is 12.0. The van der Waals surface area contributed by atoms with Crippen molar-refractivity contribution in [2.75, 3.05) is 23.8 Å². The predicted octanol–water partition coefficient (Wildman–Crippen LogP) is 4.04. The van der Waals surface area contributed by atoms with Gasteiger partial charge in [0.15, 0.2) is 0 Å². The Morgan fingerprint density at radius 3 is 2.32 bits per heavy atom. The third-order valence-corrected chi connectivity index (χ3v) is 3.72. The van der Waals surface area contributed by atoms with Crippen molar-refractivity contribution in [1.82, 2.24) is 0 Å². The molecule has 2 rings (SSSR count). The number of ether oxygens (including phenoxy) is 1. The molecule has 0 bridgehead atoms. The van der Waals surface area contributed by atoms with Gasteiger partial charge in [-0.15, -0.1) is 0 Å². The van der Waals surface area contributed by atoms with Gasteiger partial charge < -0.3 is 15.4 Å². The third kappa shape index (κ3) is 5.08. The Morgan fingerprint density at radius 1 is 1.00 bits per heavy atom. The van der Waals surface area contributed by atoms with Crippen molar-refractivity contribution in [3.63, 3.8) is 0 Å². The molecule has 5 nitrogen and oxygen atoms in total. The van der Waals surface area contributed by atoms with E-state index in [9.17, 15) is 9.59 Å². The molecule has 0 spiro atoms. The van der Waals surface area contributed by atoms with Gasteiger partial charge in [-0.3, -0.25) is 4.79 Å². The fraction of sp³-hybridized carbons (Fsp3) is 0.300. The molecule has 2 N–H and O–H groups in total. The number of carbonyl (C=O) groups excluding carboxylic acids is 2. The second kappa shape index (κ2) is 8.87. The van der Waals surface area contributed by atoms with E-state index in [1.165, 1.54) is 0 Å². The highest BCUT2D eigenvalue weighted by Crippen LogP contribution is 2.23. The first kappa shape index (κ1) is 18.5. The average Bonchev–Trinajstić information content (AvgIpc) is 2.60. The van der Waals surface area contributed by atoms with E-state index in [4.69, 9.17) is 4.74 Å². The minimum Gasteiger partial charge on any atom is -0.462 e. The molecule has 132 valence electrons. The summed E-state index contributed by atoms with van der Waals surface area (Å²) in [6, 6.07) is 14.7. The lowest BCUT2D eigenvalue weighted by molar-refractivity contribution is -0.114. The van der Waals surface area contributed by atoms with Crippen LogP contribution in [0.2, 0.25) is 0 Å². The first-order valence-electron chi connectivity index (χ1n) is 8.41. The van der Waals surface area contributed by atoms with Crippen LogP contribution in [0.3, 0.4) is 0 Å². The Morgan fingerprint density at radius 2 is 1.64 bits per heavy atom. The number of benzene rings is 2. The molecule has 0 saturated carbocycles. The van der Waals surface area contributed by atoms with Crippen molar-refractivity contribution in [2.45, 2.75) is 26.7 Å². The molecule has 0 aromatic heterocycles. The van der Waals surface area contributed by atoms with Crippen LogP contribution in [-0.2, 0) is 9.53 Å². The Labute approximate surface area is 148 Å². The SMILES string of the molecule is CCOC(=O)c1ccccc1NC(=O)CNc1ccccc1C(C)C. The van der Waals surface area contributed by atoms with E-state index < -0.39 is 5.97 Å². The largest absolute Gasteiger partial charge is 0.462 e. The van der Waals surface area contributed by atoms with E-state index in [1.807, 2.05) is 24.3 Å². The van der Waals surface area contributed by atoms with Crippen molar-refractivity contribution >= 4 is 23.3 Å². The molecule has 0 saturated heterocycles. The zero-order valence-electron chi connectivity index (χ0n) is 14.8. The summed E-state index contributed by atoms with van der Waals surface area (Å²) in [6.45, 7) is 6.36. The van der Waals surface area contributed by atoms with Crippen LogP contribution in [0.25, 0.3) is 0 Å². The van der Waals surface area contributed by atoms with Gasteiger partial charge in [0.25, 0.3) is 0 Å². The summed E-state index contributed by atoms with van der Waals surface area (Å²) >= 11 is 0. The maximum Gasteiger partial charge on any atom is 0.340 e. The lowest BCUT2D eigenvalue weighted by Crippen LogP contribution is -2.23. The van der Waals surface area contributed by atoms with Gasteiger partial charge in [0.2, 0.25) is 5.91 Å². The van der Waals surface area contributed by atoms with E-state index in [0.29, 0.717) is 17.2 Å². The molecule has 1 amide bonds. The van der Waals surface area contributed by atoms with E-state index in [-0.39, 0.29) is 19.1 Å². The summed E-state index contributed by atoms with van der Waals surface area (Å²) in [5, 5.41) is 5.93. The van der Waals surface area contributed by atoms with Crippen LogP contribution < -0.4 is 10.6 Å². The molecule has 2 aromatic rings. The monoisotopic (exact) mass is 340 g/mol. The zero-order chi connectivity index (χ0) is 18.2. The lowest BCUT2D eigenvalue weighted by Gasteiger charge is -2.15. The Bertz CT molecular complexity index is 741. The second-order valence-corrected chi connectivity index (χ2v) is 5.91. The van der Waals surface area contributed by atoms with Gasteiger partial charge in [-0.05, 0) is 36.6 Å². The number of esters is 1. The average molecular weight is 340 g/mol. The summed E-state index contributed by atoms with van der Waals surface area (Å²) in [6.07, 6.45) is 0. The van der Waals surface area contributed by atoms with Crippen molar-refractivity contribution in [1.29, 1.82) is 0 Å². The molecule has 25 heavy (non-hydrogen) atoms. The molecule has 0 unspecified atom stereocenters. The summed E-state index contributed by atoms with van der Waals surface area (Å²) in [5.41, 5.74) is 2.89. The van der Waals surface area contributed by atoms with Gasteiger partial charge in [0.05, 0.1) is 24.4 Å². The molecule has 0 radical (unpaired) electrons. The number of anilines is 2. The topological polar surface area (TPSA) is 67.4 Å². The standard InChI is InChI=1S/C20H24N2O3/c1-4-25-20(24)16-10-6-8-12-18(16)22-19(23)13-21-17-11-7-5-9-15(17)14(2)3/h5-12,14,21H,4,13H2,1-3H3,(H,22,23). The molecule has 0 aliphatic carbocycles. The summed E-state index contributed by atoms with van der Waals surface area (Å²) in [4.78, 5) is 24.2. The van der Waals surface area contributed by atoms with Crippen molar-refractivity contribution in [3.05, 3.63) is 59.7 Å². The molecule has 0 fully saturated rings. The van der Waals surface area contributed by atoms with Gasteiger partial charge in [-0.25, -0.2) is 4.79 Å². The number of rotatable bonds is 7. The van der Waals surface area contributed by atoms with E-state index >= 15 is 0 Å². The van der Waals surface area contributed by atoms with Crippen LogP contribution in [0.5, 0.6) is 0 Å². The molecular weight excluding hydrogens is 316 g/mol. The smallest absolute Gasteiger partial charge is 0.340 e. The van der Waals surface area contributed by atoms with Gasteiger partial charge in [0.1, 0.15) is 0 Å². The van der Waals surface area contributed by atoms with E-state index in [0.717, 1.165) is 11.3 Å². The normalized spacial score (nSPS) is 10.4. The first-order valence-corrected chi connectivity index (χ1v) is 8.41. The quantitative estimate of drug-likeness (QED) is 0.747. The summed E-state index contributed by atoms with van der Waals surface area (Å²) in [7, 11) is 0. The number of nitrogens with one attached hydrogen (secondary N) is 2. The highest BCUT2D eigenvalue weighted by atomic mass is 16.5. The van der Waals surface area contributed by atoms with Crippen molar-refractivity contribution in [2.24, 2.45) is 0 Å². The lowest BCUT2D eigenvalue weighted by atomic mass is 10.0. The van der Waals surface area contributed by atoms with Gasteiger partial charge in [-0.2, -0.15) is 0 Å². The molecule has 0 heterocycles. The number of hydrogen-bond donors (Lipinski definition) is 2. The molecule has 5 heteroatoms. The molecular formula is C20H24N2O3. The fourth-order valence-electron chi connectivity index (χ4n) is 2.51. The Balaban J connectivity index is 2.03. The summed E-state index contributed by atoms with van der Waals surface area (Å²) in [5.74, 6) is -0.317. The number of amides is 1. The van der Waals surface area contributed by atoms with Crippen molar-refractivity contribution < 1.29 is 14.3 Å². The van der Waals surface area contributed by atoms with E-state index in [1.54, 1.807) is 31.2 Å². The maximum absolute atomic E-state index is 12.3. The second-order valence-electron chi connectivity index (χ2n) is 5.91. The zero-order valence-corrected chi connectivity index (χ0v) is 14.8. The number of para-hydroxylation sites is 2. The van der Waals surface area contributed by atoms with Crippen LogP contribution in [0.1, 0.15) is 42.6 Å². The Hall–Kier alpha value is -2.82. The highest BCUT2D eigenvalue weighted by molar-refractivity contribution is 6.02. The van der Waals surface area contributed by atoms with Crippen LogP contribution in [0.4, 0.5) is 11.4 Å². The fourth-order valence-corrected chi connectivity index (χ4v) is 2.51. The Kier molecular flexibility index (Phi) is 6.57. The summed E-state index contributed by atoms with van der Waals surface area (Å²) < 4.78 is 5.02. The minimum atomic E-state index is -0.448. The predicted molar refractivity (Wildman–Crippen MR) is 100 cm³/mol. The number of hydrogen-bond acceptors (Lipinski definition) is 4. The molecule has 2 aromatic carbocycles. The molecule has 0 atom stereocenters.